The third-order valence-corrected chi connectivity index (χ3v) is 3.90. The molecule has 17 heavy (non-hydrogen) atoms. The van der Waals surface area contributed by atoms with Gasteiger partial charge >= 0.3 is 0 Å². The van der Waals surface area contributed by atoms with Crippen molar-refractivity contribution in [2.75, 3.05) is 7.11 Å². The van der Waals surface area contributed by atoms with Crippen LogP contribution in [0.25, 0.3) is 0 Å². The third kappa shape index (κ3) is 2.47. The van der Waals surface area contributed by atoms with Gasteiger partial charge in [-0.2, -0.15) is 0 Å². The normalized spacial score (nSPS) is 18.6. The lowest BCUT2D eigenvalue weighted by molar-refractivity contribution is 0.407. The summed E-state index contributed by atoms with van der Waals surface area (Å²) in [6.45, 7) is 4.41. The summed E-state index contributed by atoms with van der Waals surface area (Å²) in [6, 6.07) is 6.49. The van der Waals surface area contributed by atoms with Crippen molar-refractivity contribution in [3.8, 4) is 5.75 Å². The first-order valence-electron chi connectivity index (χ1n) is 6.53. The number of nitrogens with two attached hydrogens (primary N) is 1. The van der Waals surface area contributed by atoms with Crippen molar-refractivity contribution < 1.29 is 4.74 Å². The minimum atomic E-state index is -0.127. The Balaban J connectivity index is 2.42. The predicted molar refractivity (Wildman–Crippen MR) is 71.4 cm³/mol. The highest BCUT2D eigenvalue weighted by molar-refractivity contribution is 5.39. The van der Waals surface area contributed by atoms with E-state index in [1.54, 1.807) is 7.11 Å². The molecule has 2 nitrogen and oxygen atoms in total. The molecule has 1 aromatic rings. The molecule has 0 bridgehead atoms. The fraction of sp³-hybridized carbons (Fsp3) is 0.600. The van der Waals surface area contributed by atoms with Crippen molar-refractivity contribution in [1.29, 1.82) is 0 Å². The second kappa shape index (κ2) is 4.69. The van der Waals surface area contributed by atoms with Gasteiger partial charge in [0.15, 0.2) is 0 Å². The average Bonchev–Trinajstić information content (AvgIpc) is 2.77. The van der Waals surface area contributed by atoms with Crippen LogP contribution in [-0.2, 0) is 5.54 Å². The average molecular weight is 233 g/mol. The number of rotatable bonds is 3. The van der Waals surface area contributed by atoms with E-state index in [4.69, 9.17) is 10.5 Å². The summed E-state index contributed by atoms with van der Waals surface area (Å²) < 4.78 is 5.39. The Morgan fingerprint density at radius 3 is 2.35 bits per heavy atom. The molecule has 0 aromatic heterocycles. The van der Waals surface area contributed by atoms with Crippen LogP contribution < -0.4 is 10.5 Å². The fourth-order valence-electron chi connectivity index (χ4n) is 2.66. The van der Waals surface area contributed by atoms with Crippen molar-refractivity contribution in [1.82, 2.24) is 0 Å². The van der Waals surface area contributed by atoms with E-state index in [9.17, 15) is 0 Å². The molecule has 1 aliphatic carbocycles. The molecule has 1 fully saturated rings. The van der Waals surface area contributed by atoms with Crippen molar-refractivity contribution in [2.24, 2.45) is 5.73 Å². The Hall–Kier alpha value is -1.02. The summed E-state index contributed by atoms with van der Waals surface area (Å²) in [7, 11) is 1.72. The maximum atomic E-state index is 6.52. The van der Waals surface area contributed by atoms with E-state index in [1.165, 1.54) is 24.0 Å². The molecule has 0 atom stereocenters. The number of benzene rings is 1. The zero-order valence-corrected chi connectivity index (χ0v) is 11.1. The van der Waals surface area contributed by atoms with Gasteiger partial charge in [0.25, 0.3) is 0 Å². The summed E-state index contributed by atoms with van der Waals surface area (Å²) in [5.41, 5.74) is 8.95. The maximum absolute atomic E-state index is 6.52. The zero-order chi connectivity index (χ0) is 12.5. The molecule has 2 N–H and O–H groups in total. The quantitative estimate of drug-likeness (QED) is 0.866. The van der Waals surface area contributed by atoms with E-state index in [-0.39, 0.29) is 5.54 Å². The first kappa shape index (κ1) is 12.4. The van der Waals surface area contributed by atoms with Gasteiger partial charge in [0.2, 0.25) is 0 Å². The van der Waals surface area contributed by atoms with Crippen LogP contribution in [0.4, 0.5) is 0 Å². The lowest BCUT2D eigenvalue weighted by Crippen LogP contribution is -2.33. The standard InChI is InChI=1S/C15H23NO/c1-11(2)12-8-13(10-14(9-12)17-3)15(16)6-4-5-7-15/h8-11H,4-7,16H2,1-3H3. The summed E-state index contributed by atoms with van der Waals surface area (Å²) in [5, 5.41) is 0. The second-order valence-corrected chi connectivity index (χ2v) is 5.51. The topological polar surface area (TPSA) is 35.2 Å². The lowest BCUT2D eigenvalue weighted by Gasteiger charge is -2.26. The molecule has 1 aliphatic rings. The fourth-order valence-corrected chi connectivity index (χ4v) is 2.66. The third-order valence-electron chi connectivity index (χ3n) is 3.90. The molecule has 0 radical (unpaired) electrons. The van der Waals surface area contributed by atoms with Gasteiger partial charge in [-0.05, 0) is 42.0 Å². The molecular weight excluding hydrogens is 210 g/mol. The zero-order valence-electron chi connectivity index (χ0n) is 11.1. The van der Waals surface area contributed by atoms with E-state index < -0.39 is 0 Å². The minimum Gasteiger partial charge on any atom is -0.497 e. The van der Waals surface area contributed by atoms with Gasteiger partial charge in [-0.1, -0.05) is 32.8 Å². The molecule has 0 heterocycles. The van der Waals surface area contributed by atoms with Crippen LogP contribution in [0.3, 0.4) is 0 Å². The molecule has 1 aromatic carbocycles. The number of ether oxygens (including phenoxy) is 1. The van der Waals surface area contributed by atoms with Crippen molar-refractivity contribution in [2.45, 2.75) is 51.0 Å². The Kier molecular flexibility index (Phi) is 3.43. The Labute approximate surface area is 104 Å². The maximum Gasteiger partial charge on any atom is 0.119 e. The molecular formula is C15H23NO. The Morgan fingerprint density at radius 2 is 1.82 bits per heavy atom. The van der Waals surface area contributed by atoms with Crippen LogP contribution in [0.5, 0.6) is 5.75 Å². The van der Waals surface area contributed by atoms with Crippen LogP contribution in [0.1, 0.15) is 56.6 Å². The van der Waals surface area contributed by atoms with Crippen LogP contribution in [0.15, 0.2) is 18.2 Å². The number of hydrogen-bond acceptors (Lipinski definition) is 2. The van der Waals surface area contributed by atoms with Crippen molar-refractivity contribution in [3.05, 3.63) is 29.3 Å². The summed E-state index contributed by atoms with van der Waals surface area (Å²) in [5.74, 6) is 1.44. The van der Waals surface area contributed by atoms with E-state index in [0.717, 1.165) is 18.6 Å². The van der Waals surface area contributed by atoms with Gasteiger partial charge in [0, 0.05) is 5.54 Å². The number of methoxy groups -OCH3 is 1. The first-order chi connectivity index (χ1) is 8.05. The van der Waals surface area contributed by atoms with Gasteiger partial charge in [0.05, 0.1) is 7.11 Å². The monoisotopic (exact) mass is 233 g/mol. The van der Waals surface area contributed by atoms with Crippen molar-refractivity contribution >= 4 is 0 Å². The molecule has 94 valence electrons. The first-order valence-corrected chi connectivity index (χ1v) is 6.53. The molecule has 0 aliphatic heterocycles. The Morgan fingerprint density at radius 1 is 1.18 bits per heavy atom. The predicted octanol–water partition coefficient (Wildman–Crippen LogP) is 3.55. The van der Waals surface area contributed by atoms with Gasteiger partial charge in [0.1, 0.15) is 5.75 Å². The highest BCUT2D eigenvalue weighted by atomic mass is 16.5. The largest absolute Gasteiger partial charge is 0.497 e. The van der Waals surface area contributed by atoms with Crippen LogP contribution >= 0.6 is 0 Å². The number of hydrogen-bond donors (Lipinski definition) is 1. The van der Waals surface area contributed by atoms with Crippen molar-refractivity contribution in [3.63, 3.8) is 0 Å². The molecule has 0 saturated heterocycles. The smallest absolute Gasteiger partial charge is 0.119 e. The summed E-state index contributed by atoms with van der Waals surface area (Å²) in [4.78, 5) is 0. The SMILES string of the molecule is COc1cc(C(C)C)cc(C2(N)CCCC2)c1. The van der Waals surface area contributed by atoms with E-state index in [1.807, 2.05) is 0 Å². The summed E-state index contributed by atoms with van der Waals surface area (Å²) in [6.07, 6.45) is 4.67. The van der Waals surface area contributed by atoms with E-state index >= 15 is 0 Å². The Bertz CT molecular complexity index is 392. The van der Waals surface area contributed by atoms with Gasteiger partial charge in [-0.15, -0.1) is 0 Å². The second-order valence-electron chi connectivity index (χ2n) is 5.51. The summed E-state index contributed by atoms with van der Waals surface area (Å²) >= 11 is 0. The van der Waals surface area contributed by atoms with Crippen LogP contribution in [-0.4, -0.2) is 7.11 Å². The molecule has 1 saturated carbocycles. The van der Waals surface area contributed by atoms with E-state index in [0.29, 0.717) is 5.92 Å². The molecule has 2 heteroatoms. The highest BCUT2D eigenvalue weighted by Crippen LogP contribution is 2.38. The van der Waals surface area contributed by atoms with Crippen LogP contribution in [0.2, 0.25) is 0 Å². The highest BCUT2D eigenvalue weighted by Gasteiger charge is 2.31. The van der Waals surface area contributed by atoms with Gasteiger partial charge < -0.3 is 10.5 Å². The molecule has 0 spiro atoms. The van der Waals surface area contributed by atoms with Gasteiger partial charge in [-0.3, -0.25) is 0 Å². The molecule has 2 rings (SSSR count). The van der Waals surface area contributed by atoms with Gasteiger partial charge in [-0.25, -0.2) is 0 Å². The minimum absolute atomic E-state index is 0.127. The lowest BCUT2D eigenvalue weighted by atomic mass is 9.86. The van der Waals surface area contributed by atoms with E-state index in [2.05, 4.69) is 32.0 Å². The van der Waals surface area contributed by atoms with Crippen LogP contribution in [0, 0.1) is 0 Å². The molecule has 0 unspecified atom stereocenters. The molecule has 0 amide bonds.